The Morgan fingerprint density at radius 1 is 0.800 bits per heavy atom. The summed E-state index contributed by atoms with van der Waals surface area (Å²) < 4.78 is 0. The van der Waals surface area contributed by atoms with Crippen LogP contribution in [0.15, 0.2) is 0 Å². The average Bonchev–Trinajstić information content (AvgIpc) is 1.98. The second-order valence-corrected chi connectivity index (χ2v) is 1.35. The molecule has 0 radical (unpaired) electrons. The largest absolute Gasteiger partial charge is 2.00 e. The Hall–Kier alpha value is 0.623. The van der Waals surface area contributed by atoms with Gasteiger partial charge in [0, 0.05) is 0 Å². The molecule has 0 bridgehead atoms. The van der Waals surface area contributed by atoms with Gasteiger partial charge >= 0.3 is 19.5 Å². The third kappa shape index (κ3) is 72.8. The number of hydrogen-bond acceptors (Lipinski definition) is 0. The van der Waals surface area contributed by atoms with Crippen molar-refractivity contribution in [2.75, 3.05) is 0 Å². The Morgan fingerprint density at radius 2 is 1.00 bits per heavy atom. The van der Waals surface area contributed by atoms with Gasteiger partial charge in [0.25, 0.3) is 0 Å². The van der Waals surface area contributed by atoms with E-state index in [4.69, 9.17) is 0 Å². The minimum atomic E-state index is 0. The molecule has 0 saturated carbocycles. The Labute approximate surface area is 80.6 Å². The molecule has 0 spiro atoms. The van der Waals surface area contributed by atoms with Crippen molar-refractivity contribution in [2.45, 2.75) is 47.0 Å². The summed E-state index contributed by atoms with van der Waals surface area (Å²) in [5.74, 6) is 0. The molecule has 0 saturated heterocycles. The third-order valence-corrected chi connectivity index (χ3v) is 0.707. The molecular formula is C9H22Zn. The summed E-state index contributed by atoms with van der Waals surface area (Å²) in [6, 6.07) is 0. The van der Waals surface area contributed by atoms with Gasteiger partial charge < -0.3 is 13.8 Å². The second kappa shape index (κ2) is 54.5. The van der Waals surface area contributed by atoms with Gasteiger partial charge in [-0.2, -0.15) is 13.8 Å². The molecule has 0 aliphatic heterocycles. The van der Waals surface area contributed by atoms with Crippen molar-refractivity contribution in [3.63, 3.8) is 0 Å². The third-order valence-electron chi connectivity index (χ3n) is 0.707. The van der Waals surface area contributed by atoms with Gasteiger partial charge in [-0.1, -0.05) is 33.1 Å². The summed E-state index contributed by atoms with van der Waals surface area (Å²) in [5.41, 5.74) is 0. The van der Waals surface area contributed by atoms with E-state index in [1.54, 1.807) is 13.8 Å². The zero-order chi connectivity index (χ0) is 8.12. The van der Waals surface area contributed by atoms with E-state index in [0.717, 1.165) is 0 Å². The maximum atomic E-state index is 3.25. The molecule has 0 aromatic heterocycles. The minimum Gasteiger partial charge on any atom is -0.346 e. The van der Waals surface area contributed by atoms with Crippen LogP contribution in [0.25, 0.3) is 0 Å². The quantitative estimate of drug-likeness (QED) is 0.464. The average molecular weight is 196 g/mol. The molecule has 0 heterocycles. The van der Waals surface area contributed by atoms with Crippen LogP contribution in [0.4, 0.5) is 0 Å². The Balaban J connectivity index is -0.0000000315. The van der Waals surface area contributed by atoms with Gasteiger partial charge in [-0.05, 0) is 0 Å². The van der Waals surface area contributed by atoms with Crippen molar-refractivity contribution in [1.82, 2.24) is 0 Å². The zero-order valence-electron chi connectivity index (χ0n) is 8.24. The van der Waals surface area contributed by atoms with Crippen molar-refractivity contribution in [1.29, 1.82) is 0 Å². The normalized spacial score (nSPS) is 5.40. The SMILES string of the molecule is CCCCC.[CH2-]C.[CH2-]C.[Zn+2]. The predicted octanol–water partition coefficient (Wildman–Crippen LogP) is 3.87. The van der Waals surface area contributed by atoms with Crippen LogP contribution in [0.1, 0.15) is 47.0 Å². The predicted molar refractivity (Wildman–Crippen MR) is 47.3 cm³/mol. The number of unbranched alkanes of at least 4 members (excludes halogenated alkanes) is 2. The molecule has 0 atom stereocenters. The van der Waals surface area contributed by atoms with E-state index in [-0.39, 0.29) is 19.5 Å². The molecule has 0 fully saturated rings. The molecule has 0 unspecified atom stereocenters. The molecule has 60 valence electrons. The van der Waals surface area contributed by atoms with Crippen LogP contribution >= 0.6 is 0 Å². The second-order valence-electron chi connectivity index (χ2n) is 1.35. The van der Waals surface area contributed by atoms with Crippen molar-refractivity contribution < 1.29 is 19.5 Å². The van der Waals surface area contributed by atoms with Crippen LogP contribution in [0.3, 0.4) is 0 Å². The smallest absolute Gasteiger partial charge is 0.346 e. The number of rotatable bonds is 2. The number of hydrogen-bond donors (Lipinski definition) is 0. The van der Waals surface area contributed by atoms with E-state index in [9.17, 15) is 0 Å². The standard InChI is InChI=1S/C5H12.2C2H5.Zn/c1-3-5-4-2;2*1-2;/h3-5H2,1-2H3;2*1H2,2H3;/q;2*-1;+2. The Morgan fingerprint density at radius 3 is 1.00 bits per heavy atom. The van der Waals surface area contributed by atoms with Crippen LogP contribution in [0.2, 0.25) is 0 Å². The fraction of sp³-hybridized carbons (Fsp3) is 0.778. The first-order valence-electron chi connectivity index (χ1n) is 3.83. The molecule has 0 aliphatic carbocycles. The maximum absolute atomic E-state index is 3.25. The van der Waals surface area contributed by atoms with E-state index in [1.165, 1.54) is 19.3 Å². The summed E-state index contributed by atoms with van der Waals surface area (Å²) >= 11 is 0. The van der Waals surface area contributed by atoms with Gasteiger partial charge in [0.15, 0.2) is 0 Å². The van der Waals surface area contributed by atoms with Crippen molar-refractivity contribution in [3.05, 3.63) is 13.8 Å². The summed E-state index contributed by atoms with van der Waals surface area (Å²) in [6.07, 6.45) is 4.08. The van der Waals surface area contributed by atoms with E-state index < -0.39 is 0 Å². The molecule has 0 aliphatic rings. The summed E-state index contributed by atoms with van der Waals surface area (Å²) in [5, 5.41) is 0. The molecular weight excluding hydrogens is 173 g/mol. The maximum Gasteiger partial charge on any atom is 2.00 e. The van der Waals surface area contributed by atoms with Crippen LogP contribution in [0.5, 0.6) is 0 Å². The first-order chi connectivity index (χ1) is 4.41. The first-order valence-corrected chi connectivity index (χ1v) is 3.83. The van der Waals surface area contributed by atoms with Gasteiger partial charge in [0.2, 0.25) is 0 Å². The zero-order valence-corrected chi connectivity index (χ0v) is 11.2. The Kier molecular flexibility index (Phi) is 122. The monoisotopic (exact) mass is 194 g/mol. The minimum absolute atomic E-state index is 0. The van der Waals surface area contributed by atoms with Crippen molar-refractivity contribution in [2.24, 2.45) is 0 Å². The summed E-state index contributed by atoms with van der Waals surface area (Å²) in [7, 11) is 0. The van der Waals surface area contributed by atoms with E-state index in [2.05, 4.69) is 27.7 Å². The molecule has 1 heteroatoms. The van der Waals surface area contributed by atoms with Gasteiger partial charge in [-0.25, -0.2) is 0 Å². The molecule has 0 N–H and O–H groups in total. The summed E-state index contributed by atoms with van der Waals surface area (Å²) in [4.78, 5) is 0. The van der Waals surface area contributed by atoms with E-state index in [0.29, 0.717) is 0 Å². The molecule has 0 nitrogen and oxygen atoms in total. The molecule has 0 aromatic carbocycles. The van der Waals surface area contributed by atoms with Crippen molar-refractivity contribution >= 4 is 0 Å². The van der Waals surface area contributed by atoms with Gasteiger partial charge in [0.05, 0.1) is 0 Å². The van der Waals surface area contributed by atoms with E-state index in [1.807, 2.05) is 0 Å². The fourth-order valence-electron chi connectivity index (χ4n) is 0.354. The van der Waals surface area contributed by atoms with Gasteiger partial charge in [-0.3, -0.25) is 0 Å². The van der Waals surface area contributed by atoms with Gasteiger partial charge in [0.1, 0.15) is 0 Å². The van der Waals surface area contributed by atoms with Gasteiger partial charge in [-0.15, -0.1) is 0 Å². The topological polar surface area (TPSA) is 0 Å². The summed E-state index contributed by atoms with van der Waals surface area (Å²) in [6.45, 7) is 14.4. The molecule has 0 rings (SSSR count). The first kappa shape index (κ1) is 22.4. The Bertz CT molecular complexity index is 12.2. The van der Waals surface area contributed by atoms with Crippen LogP contribution in [-0.2, 0) is 19.5 Å². The molecule has 10 heavy (non-hydrogen) atoms. The molecule has 0 aromatic rings. The van der Waals surface area contributed by atoms with Crippen LogP contribution in [0, 0.1) is 13.8 Å². The van der Waals surface area contributed by atoms with Crippen LogP contribution < -0.4 is 0 Å². The fourth-order valence-corrected chi connectivity index (χ4v) is 0.354. The van der Waals surface area contributed by atoms with Crippen molar-refractivity contribution in [3.8, 4) is 0 Å². The molecule has 0 amide bonds. The van der Waals surface area contributed by atoms with E-state index >= 15 is 0 Å². The van der Waals surface area contributed by atoms with Crippen LogP contribution in [-0.4, -0.2) is 0 Å².